The molecule has 1 saturated heterocycles. The lowest BCUT2D eigenvalue weighted by Gasteiger charge is -2.33. The molecule has 8 nitrogen and oxygen atoms in total. The summed E-state index contributed by atoms with van der Waals surface area (Å²) in [5, 5.41) is 0. The molecule has 134 valence electrons. The number of hydrogen-bond acceptors (Lipinski definition) is 6. The molecule has 0 aromatic heterocycles. The molecule has 0 radical (unpaired) electrons. The van der Waals surface area contributed by atoms with E-state index in [2.05, 4.69) is 0 Å². The fourth-order valence-corrected chi connectivity index (χ4v) is 4.30. The van der Waals surface area contributed by atoms with Crippen LogP contribution in [0.25, 0.3) is 0 Å². The summed E-state index contributed by atoms with van der Waals surface area (Å²) in [6, 6.07) is 3.00. The zero-order chi connectivity index (χ0) is 17.9. The van der Waals surface area contributed by atoms with E-state index in [0.717, 1.165) is 0 Å². The molecular formula is C15H22N2O6S. The Hall–Kier alpha value is -2.00. The van der Waals surface area contributed by atoms with Crippen LogP contribution in [-0.4, -0.2) is 71.0 Å². The number of hydrogen-bond donors (Lipinski definition) is 0. The fraction of sp³-hybridized carbons (Fsp3) is 0.533. The van der Waals surface area contributed by atoms with Gasteiger partial charge in [-0.05, 0) is 0 Å². The van der Waals surface area contributed by atoms with E-state index in [9.17, 15) is 13.2 Å². The lowest BCUT2D eigenvalue weighted by Crippen LogP contribution is -2.50. The van der Waals surface area contributed by atoms with Crippen LogP contribution in [-0.2, 0) is 14.8 Å². The number of piperazine rings is 1. The second kappa shape index (κ2) is 7.27. The molecular weight excluding hydrogens is 336 g/mol. The Labute approximate surface area is 141 Å². The zero-order valence-electron chi connectivity index (χ0n) is 14.2. The number of amides is 1. The lowest BCUT2D eigenvalue weighted by molar-refractivity contribution is -0.129. The van der Waals surface area contributed by atoms with Crippen molar-refractivity contribution in [2.24, 2.45) is 0 Å². The number of carbonyl (C=O) groups excluding carboxylic acids is 1. The maximum Gasteiger partial charge on any atom is 0.250 e. The smallest absolute Gasteiger partial charge is 0.250 e. The van der Waals surface area contributed by atoms with E-state index in [0.29, 0.717) is 18.8 Å². The summed E-state index contributed by atoms with van der Waals surface area (Å²) in [7, 11) is 0.423. The predicted molar refractivity (Wildman–Crippen MR) is 87.1 cm³/mol. The van der Waals surface area contributed by atoms with Gasteiger partial charge in [0, 0.05) is 45.2 Å². The Morgan fingerprint density at radius 1 is 0.958 bits per heavy atom. The van der Waals surface area contributed by atoms with Gasteiger partial charge in [-0.3, -0.25) is 4.79 Å². The van der Waals surface area contributed by atoms with Gasteiger partial charge in [-0.2, -0.15) is 4.31 Å². The van der Waals surface area contributed by atoms with Crippen molar-refractivity contribution in [2.75, 3.05) is 47.5 Å². The van der Waals surface area contributed by atoms with Gasteiger partial charge < -0.3 is 19.1 Å². The zero-order valence-corrected chi connectivity index (χ0v) is 15.1. The third kappa shape index (κ3) is 3.41. The average molecular weight is 358 g/mol. The SMILES string of the molecule is COc1cc(OC)c(S(=O)(=O)N2CCN(C(C)=O)CC2)c(OC)c1. The summed E-state index contributed by atoms with van der Waals surface area (Å²) in [6.07, 6.45) is 0. The van der Waals surface area contributed by atoms with Crippen molar-refractivity contribution in [2.45, 2.75) is 11.8 Å². The van der Waals surface area contributed by atoms with Crippen LogP contribution in [0.1, 0.15) is 6.92 Å². The third-order valence-electron chi connectivity index (χ3n) is 3.95. The lowest BCUT2D eigenvalue weighted by atomic mass is 10.3. The van der Waals surface area contributed by atoms with Crippen LogP contribution in [0.15, 0.2) is 17.0 Å². The van der Waals surface area contributed by atoms with Crippen molar-refractivity contribution in [3.63, 3.8) is 0 Å². The van der Waals surface area contributed by atoms with Crippen LogP contribution in [0.4, 0.5) is 0 Å². The van der Waals surface area contributed by atoms with Crippen molar-refractivity contribution in [3.8, 4) is 17.2 Å². The molecule has 9 heteroatoms. The van der Waals surface area contributed by atoms with E-state index in [1.165, 1.54) is 44.7 Å². The number of ether oxygens (including phenoxy) is 3. The minimum Gasteiger partial charge on any atom is -0.496 e. The molecule has 1 fully saturated rings. The Balaban J connectivity index is 2.41. The van der Waals surface area contributed by atoms with Crippen LogP contribution in [0, 0.1) is 0 Å². The second-order valence-corrected chi connectivity index (χ2v) is 7.15. The second-order valence-electron chi connectivity index (χ2n) is 5.27. The Morgan fingerprint density at radius 3 is 1.83 bits per heavy atom. The monoisotopic (exact) mass is 358 g/mol. The van der Waals surface area contributed by atoms with Crippen LogP contribution in [0.2, 0.25) is 0 Å². The summed E-state index contributed by atoms with van der Waals surface area (Å²) < 4.78 is 43.0. The largest absolute Gasteiger partial charge is 0.496 e. The van der Waals surface area contributed by atoms with Crippen LogP contribution in [0.5, 0.6) is 17.2 Å². The molecule has 1 aromatic carbocycles. The van der Waals surface area contributed by atoms with Crippen molar-refractivity contribution in [1.29, 1.82) is 0 Å². The van der Waals surface area contributed by atoms with E-state index < -0.39 is 10.0 Å². The van der Waals surface area contributed by atoms with E-state index in [-0.39, 0.29) is 35.4 Å². The molecule has 1 heterocycles. The molecule has 0 bridgehead atoms. The summed E-state index contributed by atoms with van der Waals surface area (Å²) in [4.78, 5) is 13.0. The van der Waals surface area contributed by atoms with E-state index in [4.69, 9.17) is 14.2 Å². The van der Waals surface area contributed by atoms with Crippen LogP contribution >= 0.6 is 0 Å². The van der Waals surface area contributed by atoms with Gasteiger partial charge in [0.05, 0.1) is 21.3 Å². The van der Waals surface area contributed by atoms with Gasteiger partial charge in [0.1, 0.15) is 17.2 Å². The molecule has 1 amide bonds. The molecule has 2 rings (SSSR count). The standard InChI is InChI=1S/C15H22N2O6S/c1-11(18)16-5-7-17(8-6-16)24(19,20)15-13(22-3)9-12(21-2)10-14(15)23-4/h9-10H,5-8H2,1-4H3. The van der Waals surface area contributed by atoms with Gasteiger partial charge in [0.2, 0.25) is 5.91 Å². The first-order chi connectivity index (χ1) is 11.3. The maximum atomic E-state index is 13.0. The molecule has 0 spiro atoms. The summed E-state index contributed by atoms with van der Waals surface area (Å²) in [6.45, 7) is 2.63. The number of nitrogens with zero attached hydrogens (tertiary/aromatic N) is 2. The van der Waals surface area contributed by atoms with Gasteiger partial charge in [-0.1, -0.05) is 0 Å². The first-order valence-electron chi connectivity index (χ1n) is 7.40. The summed E-state index contributed by atoms with van der Waals surface area (Å²) >= 11 is 0. The van der Waals surface area contributed by atoms with E-state index in [1.54, 1.807) is 4.90 Å². The summed E-state index contributed by atoms with van der Waals surface area (Å²) in [5.74, 6) is 0.677. The average Bonchev–Trinajstić information content (AvgIpc) is 2.60. The molecule has 0 atom stereocenters. The first-order valence-corrected chi connectivity index (χ1v) is 8.84. The van der Waals surface area contributed by atoms with Crippen molar-refractivity contribution < 1.29 is 27.4 Å². The highest BCUT2D eigenvalue weighted by atomic mass is 32.2. The summed E-state index contributed by atoms with van der Waals surface area (Å²) in [5.41, 5.74) is 0. The minimum absolute atomic E-state index is 0.0374. The molecule has 0 saturated carbocycles. The van der Waals surface area contributed by atoms with Gasteiger partial charge in [0.25, 0.3) is 10.0 Å². The van der Waals surface area contributed by atoms with E-state index >= 15 is 0 Å². The third-order valence-corrected chi connectivity index (χ3v) is 5.91. The number of sulfonamides is 1. The van der Waals surface area contributed by atoms with Crippen LogP contribution < -0.4 is 14.2 Å². The molecule has 0 aliphatic carbocycles. The van der Waals surface area contributed by atoms with Crippen LogP contribution in [0.3, 0.4) is 0 Å². The highest BCUT2D eigenvalue weighted by molar-refractivity contribution is 7.89. The predicted octanol–water partition coefficient (Wildman–Crippen LogP) is 0.565. The highest BCUT2D eigenvalue weighted by Gasteiger charge is 2.34. The Bertz CT molecular complexity index is 686. The topological polar surface area (TPSA) is 85.4 Å². The van der Waals surface area contributed by atoms with Crippen molar-refractivity contribution in [1.82, 2.24) is 9.21 Å². The van der Waals surface area contributed by atoms with Gasteiger partial charge in [0.15, 0.2) is 4.90 Å². The molecule has 1 aliphatic heterocycles. The molecule has 24 heavy (non-hydrogen) atoms. The fourth-order valence-electron chi connectivity index (χ4n) is 2.60. The van der Waals surface area contributed by atoms with Gasteiger partial charge in [-0.15, -0.1) is 0 Å². The number of methoxy groups -OCH3 is 3. The number of benzene rings is 1. The Kier molecular flexibility index (Phi) is 5.55. The maximum absolute atomic E-state index is 13.0. The molecule has 0 unspecified atom stereocenters. The minimum atomic E-state index is -3.83. The van der Waals surface area contributed by atoms with E-state index in [1.807, 2.05) is 0 Å². The first kappa shape index (κ1) is 18.3. The van der Waals surface area contributed by atoms with Crippen molar-refractivity contribution in [3.05, 3.63) is 12.1 Å². The molecule has 0 N–H and O–H groups in total. The van der Waals surface area contributed by atoms with Crippen molar-refractivity contribution >= 4 is 15.9 Å². The number of rotatable bonds is 5. The quantitative estimate of drug-likeness (QED) is 0.765. The highest BCUT2D eigenvalue weighted by Crippen LogP contribution is 2.39. The van der Waals surface area contributed by atoms with Gasteiger partial charge >= 0.3 is 0 Å². The normalized spacial score (nSPS) is 15.9. The number of carbonyl (C=O) groups is 1. The van der Waals surface area contributed by atoms with Gasteiger partial charge in [-0.25, -0.2) is 8.42 Å². The molecule has 1 aromatic rings. The Morgan fingerprint density at radius 2 is 1.46 bits per heavy atom. The molecule has 1 aliphatic rings.